The van der Waals surface area contributed by atoms with Crippen LogP contribution in [0.1, 0.15) is 42.7 Å². The summed E-state index contributed by atoms with van der Waals surface area (Å²) in [5.74, 6) is 1.59. The zero-order chi connectivity index (χ0) is 27.1. The number of ether oxygens (including phenoxy) is 1. The molecule has 4 aromatic rings. The molecule has 0 aliphatic carbocycles. The number of piperidine rings is 1. The molecule has 0 spiro atoms. The Balaban J connectivity index is 1.34. The molecule has 2 saturated heterocycles. The van der Waals surface area contributed by atoms with Crippen molar-refractivity contribution in [3.05, 3.63) is 59.9 Å². The van der Waals surface area contributed by atoms with E-state index in [0.29, 0.717) is 43.5 Å². The van der Waals surface area contributed by atoms with E-state index in [0.717, 1.165) is 43.0 Å². The van der Waals surface area contributed by atoms with Crippen LogP contribution in [0.25, 0.3) is 22.7 Å². The minimum atomic E-state index is -0.739. The van der Waals surface area contributed by atoms with Gasteiger partial charge >= 0.3 is 0 Å². The van der Waals surface area contributed by atoms with Gasteiger partial charge in [-0.1, -0.05) is 23.8 Å². The van der Waals surface area contributed by atoms with Gasteiger partial charge in [0.05, 0.1) is 24.5 Å². The van der Waals surface area contributed by atoms with E-state index in [9.17, 15) is 9.90 Å². The number of aryl methyl sites for hydroxylation is 1. The molecule has 39 heavy (non-hydrogen) atoms. The molecule has 6 rings (SSSR count). The molecule has 10 heteroatoms. The van der Waals surface area contributed by atoms with E-state index in [-0.39, 0.29) is 11.8 Å². The summed E-state index contributed by atoms with van der Waals surface area (Å²) in [6.07, 6.45) is 3.45. The Morgan fingerprint density at radius 3 is 2.51 bits per heavy atom. The minimum Gasteiger partial charge on any atom is -0.390 e. The van der Waals surface area contributed by atoms with Gasteiger partial charge in [-0.15, -0.1) is 0 Å². The molecule has 5 heterocycles. The Hall–Kier alpha value is -3.76. The first-order chi connectivity index (χ1) is 18.8. The number of carbonyl (C=O) groups excluding carboxylic acids is 1. The molecule has 2 aliphatic rings. The zero-order valence-electron chi connectivity index (χ0n) is 22.7. The standard InChI is InChI=1S/C29H35N7O3/c1-20-5-4-6-21(17-20)23-9-12-35(31-23)25-19-27(33-13-15-39-16-14-33)36-26(30-25)18-24(32-36)28(37)34-10-7-22(8-11-34)29(2,3)38/h4-6,9,12,17-19,22,38H,7-8,10-11,13-16H2,1-3H3. The number of anilines is 1. The predicted molar refractivity (Wildman–Crippen MR) is 148 cm³/mol. The second-order valence-corrected chi connectivity index (χ2v) is 11.1. The van der Waals surface area contributed by atoms with Crippen LogP contribution in [-0.2, 0) is 4.74 Å². The lowest BCUT2D eigenvalue weighted by molar-refractivity contribution is -0.0109. The lowest BCUT2D eigenvalue weighted by Crippen LogP contribution is -2.44. The van der Waals surface area contributed by atoms with Crippen molar-refractivity contribution in [2.45, 2.75) is 39.2 Å². The van der Waals surface area contributed by atoms with Gasteiger partial charge in [0.25, 0.3) is 5.91 Å². The Morgan fingerprint density at radius 1 is 1.03 bits per heavy atom. The number of likely N-dealkylation sites (tertiary alicyclic amines) is 1. The van der Waals surface area contributed by atoms with Gasteiger partial charge in [-0.3, -0.25) is 4.79 Å². The number of amides is 1. The maximum atomic E-state index is 13.5. The second kappa shape index (κ2) is 10.1. The summed E-state index contributed by atoms with van der Waals surface area (Å²) < 4.78 is 9.12. The summed E-state index contributed by atoms with van der Waals surface area (Å²) in [5, 5.41) is 19.9. The van der Waals surface area contributed by atoms with Crippen molar-refractivity contribution < 1.29 is 14.6 Å². The third kappa shape index (κ3) is 5.14. The molecule has 204 valence electrons. The number of morpholine rings is 1. The molecule has 0 unspecified atom stereocenters. The van der Waals surface area contributed by atoms with E-state index in [2.05, 4.69) is 30.0 Å². The van der Waals surface area contributed by atoms with Gasteiger partial charge in [-0.05, 0) is 51.7 Å². The summed E-state index contributed by atoms with van der Waals surface area (Å²) in [6.45, 7) is 9.66. The highest BCUT2D eigenvalue weighted by atomic mass is 16.5. The van der Waals surface area contributed by atoms with Gasteiger partial charge in [0, 0.05) is 50.1 Å². The highest BCUT2D eigenvalue weighted by Gasteiger charge is 2.33. The van der Waals surface area contributed by atoms with Crippen LogP contribution in [0, 0.1) is 12.8 Å². The van der Waals surface area contributed by atoms with E-state index < -0.39 is 5.60 Å². The lowest BCUT2D eigenvalue weighted by atomic mass is 9.83. The van der Waals surface area contributed by atoms with Crippen molar-refractivity contribution in [2.75, 3.05) is 44.3 Å². The maximum Gasteiger partial charge on any atom is 0.274 e. The Morgan fingerprint density at radius 2 is 1.79 bits per heavy atom. The zero-order valence-corrected chi connectivity index (χ0v) is 22.7. The third-order valence-corrected chi connectivity index (χ3v) is 7.87. The molecular weight excluding hydrogens is 494 g/mol. The van der Waals surface area contributed by atoms with Gasteiger partial charge in [0.15, 0.2) is 17.2 Å². The SMILES string of the molecule is Cc1cccc(-c2ccn(-c3cc(N4CCOCC4)n4nc(C(=O)N5CCC(C(C)(C)O)CC5)cc4n3)n2)c1. The van der Waals surface area contributed by atoms with Gasteiger partial charge < -0.3 is 19.6 Å². The molecule has 10 nitrogen and oxygen atoms in total. The van der Waals surface area contributed by atoms with E-state index in [1.165, 1.54) is 5.56 Å². The highest BCUT2D eigenvalue weighted by Crippen LogP contribution is 2.29. The number of nitrogens with zero attached hydrogens (tertiary/aromatic N) is 7. The highest BCUT2D eigenvalue weighted by molar-refractivity contribution is 5.93. The molecule has 0 atom stereocenters. The molecule has 1 N–H and O–H groups in total. The predicted octanol–water partition coefficient (Wildman–Crippen LogP) is 3.35. The number of hydrogen-bond acceptors (Lipinski definition) is 7. The molecule has 0 saturated carbocycles. The monoisotopic (exact) mass is 529 g/mol. The van der Waals surface area contributed by atoms with E-state index in [1.54, 1.807) is 15.3 Å². The van der Waals surface area contributed by atoms with Gasteiger partial charge in [0.2, 0.25) is 0 Å². The lowest BCUT2D eigenvalue weighted by Gasteiger charge is -2.37. The number of carbonyl (C=O) groups is 1. The Labute approximate surface area is 227 Å². The fourth-order valence-electron chi connectivity index (χ4n) is 5.55. The maximum absolute atomic E-state index is 13.5. The van der Waals surface area contributed by atoms with Crippen molar-refractivity contribution in [3.8, 4) is 17.1 Å². The van der Waals surface area contributed by atoms with Crippen LogP contribution in [0.15, 0.2) is 48.7 Å². The average molecular weight is 530 g/mol. The average Bonchev–Trinajstić information content (AvgIpc) is 3.60. The number of aromatic nitrogens is 5. The van der Waals surface area contributed by atoms with Gasteiger partial charge in [-0.25, -0.2) is 9.67 Å². The molecule has 1 amide bonds. The number of benzene rings is 1. The Kier molecular flexibility index (Phi) is 6.60. The third-order valence-electron chi connectivity index (χ3n) is 7.87. The largest absolute Gasteiger partial charge is 0.390 e. The van der Waals surface area contributed by atoms with Crippen molar-refractivity contribution in [1.82, 2.24) is 29.3 Å². The van der Waals surface area contributed by atoms with Crippen LogP contribution in [0.4, 0.5) is 5.82 Å². The fourth-order valence-corrected chi connectivity index (χ4v) is 5.55. The Bertz CT molecular complexity index is 1490. The summed E-state index contributed by atoms with van der Waals surface area (Å²) in [6, 6.07) is 14.0. The van der Waals surface area contributed by atoms with Crippen LogP contribution < -0.4 is 4.90 Å². The van der Waals surface area contributed by atoms with E-state index in [1.807, 2.05) is 43.1 Å². The van der Waals surface area contributed by atoms with Crippen LogP contribution >= 0.6 is 0 Å². The first-order valence-electron chi connectivity index (χ1n) is 13.6. The quantitative estimate of drug-likeness (QED) is 0.423. The summed E-state index contributed by atoms with van der Waals surface area (Å²) in [4.78, 5) is 22.4. The minimum absolute atomic E-state index is 0.106. The first kappa shape index (κ1) is 25.5. The molecule has 3 aromatic heterocycles. The molecule has 1 aromatic carbocycles. The van der Waals surface area contributed by atoms with Crippen molar-refractivity contribution in [1.29, 1.82) is 0 Å². The van der Waals surface area contributed by atoms with Gasteiger partial charge in [-0.2, -0.15) is 14.7 Å². The van der Waals surface area contributed by atoms with Crippen molar-refractivity contribution in [3.63, 3.8) is 0 Å². The summed E-state index contributed by atoms with van der Waals surface area (Å²) in [5.41, 5.74) is 3.32. The fraction of sp³-hybridized carbons (Fsp3) is 0.448. The number of hydrogen-bond donors (Lipinski definition) is 1. The molecule has 2 fully saturated rings. The van der Waals surface area contributed by atoms with Crippen LogP contribution in [0.2, 0.25) is 0 Å². The second-order valence-electron chi connectivity index (χ2n) is 11.1. The van der Waals surface area contributed by atoms with Crippen molar-refractivity contribution >= 4 is 17.4 Å². The van der Waals surface area contributed by atoms with Crippen molar-refractivity contribution in [2.24, 2.45) is 5.92 Å². The van der Waals surface area contributed by atoms with Crippen LogP contribution in [-0.4, -0.2) is 85.3 Å². The van der Waals surface area contributed by atoms with Crippen LogP contribution in [0.5, 0.6) is 0 Å². The first-order valence-corrected chi connectivity index (χ1v) is 13.6. The normalized spacial score (nSPS) is 17.2. The summed E-state index contributed by atoms with van der Waals surface area (Å²) in [7, 11) is 0. The van der Waals surface area contributed by atoms with Gasteiger partial charge in [0.1, 0.15) is 5.82 Å². The topological polar surface area (TPSA) is 101 Å². The molecular formula is C29H35N7O3. The van der Waals surface area contributed by atoms with E-state index >= 15 is 0 Å². The molecule has 0 radical (unpaired) electrons. The smallest absolute Gasteiger partial charge is 0.274 e. The summed E-state index contributed by atoms with van der Waals surface area (Å²) >= 11 is 0. The molecule has 2 aliphatic heterocycles. The number of aliphatic hydroxyl groups is 1. The number of fused-ring (bicyclic) bond motifs is 1. The van der Waals surface area contributed by atoms with Crippen LogP contribution in [0.3, 0.4) is 0 Å². The number of rotatable bonds is 5. The van der Waals surface area contributed by atoms with E-state index in [4.69, 9.17) is 19.9 Å². The molecule has 0 bridgehead atoms.